The zero-order valence-electron chi connectivity index (χ0n) is 15.7. The summed E-state index contributed by atoms with van der Waals surface area (Å²) < 4.78 is 10.8. The number of ketones is 1. The lowest BCUT2D eigenvalue weighted by Crippen LogP contribution is -2.36. The first kappa shape index (κ1) is 19.5. The fourth-order valence-electron chi connectivity index (χ4n) is 2.76. The summed E-state index contributed by atoms with van der Waals surface area (Å²) >= 11 is 0. The number of ether oxygens (including phenoxy) is 2. The number of amides is 1. The van der Waals surface area contributed by atoms with Gasteiger partial charge in [0.25, 0.3) is 5.91 Å². The highest BCUT2D eigenvalue weighted by molar-refractivity contribution is 5.94. The van der Waals surface area contributed by atoms with Crippen LogP contribution in [0.3, 0.4) is 0 Å². The normalized spacial score (nSPS) is 11.5. The highest BCUT2D eigenvalue weighted by Crippen LogP contribution is 2.24. The monoisotopic (exact) mass is 355 g/mol. The molecule has 0 aromatic heterocycles. The molecule has 0 saturated carbocycles. The van der Waals surface area contributed by atoms with E-state index in [0.29, 0.717) is 17.9 Å². The van der Waals surface area contributed by atoms with Gasteiger partial charge in [0.1, 0.15) is 11.5 Å². The number of hydrogen-bond acceptors (Lipinski definition) is 4. The Bertz CT molecular complexity index is 755. The van der Waals surface area contributed by atoms with Crippen molar-refractivity contribution >= 4 is 11.7 Å². The van der Waals surface area contributed by atoms with Crippen LogP contribution in [0, 0.1) is 0 Å². The minimum atomic E-state index is -0.0986. The first-order chi connectivity index (χ1) is 12.5. The number of benzene rings is 2. The molecule has 0 radical (unpaired) electrons. The van der Waals surface area contributed by atoms with Crippen molar-refractivity contribution in [3.05, 3.63) is 59.7 Å². The molecular formula is C21H25NO4. The molecule has 0 aliphatic rings. The number of Topliss-reactive ketones (excluding diaryl/α,β-unsaturated/α-hetero) is 1. The third kappa shape index (κ3) is 4.85. The Hall–Kier alpha value is -2.82. The van der Waals surface area contributed by atoms with Crippen molar-refractivity contribution in [3.8, 4) is 11.5 Å². The van der Waals surface area contributed by atoms with Crippen molar-refractivity contribution in [3.63, 3.8) is 0 Å². The quantitative estimate of drug-likeness (QED) is 0.674. The highest BCUT2D eigenvalue weighted by atomic mass is 16.5. The number of likely N-dealkylation sites (N-methyl/N-ethyl adjacent to an activating group) is 1. The standard InChI is InChI=1S/C21H25NO4/c1-5-22(15(2)18-7-6-8-20(13-18)25-4)21(24)14-26-19-11-9-17(10-12-19)16(3)23/h6-13,15H,5,14H2,1-4H3. The van der Waals surface area contributed by atoms with Gasteiger partial charge >= 0.3 is 0 Å². The molecular weight excluding hydrogens is 330 g/mol. The molecule has 0 spiro atoms. The van der Waals surface area contributed by atoms with Gasteiger partial charge in [-0.3, -0.25) is 9.59 Å². The average Bonchev–Trinajstić information content (AvgIpc) is 2.67. The molecule has 5 nitrogen and oxygen atoms in total. The predicted octanol–water partition coefficient (Wildman–Crippen LogP) is 3.89. The van der Waals surface area contributed by atoms with Crippen molar-refractivity contribution < 1.29 is 19.1 Å². The molecule has 1 amide bonds. The SMILES string of the molecule is CCN(C(=O)COc1ccc(C(C)=O)cc1)C(C)c1cccc(OC)c1. The summed E-state index contributed by atoms with van der Waals surface area (Å²) in [5.41, 5.74) is 1.62. The molecule has 0 bridgehead atoms. The van der Waals surface area contributed by atoms with Gasteiger partial charge in [-0.25, -0.2) is 0 Å². The van der Waals surface area contributed by atoms with Crippen molar-refractivity contribution in [2.75, 3.05) is 20.3 Å². The third-order valence-corrected chi connectivity index (χ3v) is 4.33. The molecule has 0 fully saturated rings. The van der Waals surface area contributed by atoms with E-state index in [-0.39, 0.29) is 24.3 Å². The summed E-state index contributed by atoms with van der Waals surface area (Å²) in [6.45, 7) is 5.96. The molecule has 5 heteroatoms. The van der Waals surface area contributed by atoms with Crippen LogP contribution >= 0.6 is 0 Å². The lowest BCUT2D eigenvalue weighted by Gasteiger charge is -2.28. The van der Waals surface area contributed by atoms with Crippen LogP contribution in [0.1, 0.15) is 42.7 Å². The Kier molecular flexibility index (Phi) is 6.78. The summed E-state index contributed by atoms with van der Waals surface area (Å²) in [4.78, 5) is 25.7. The lowest BCUT2D eigenvalue weighted by molar-refractivity contribution is -0.135. The van der Waals surface area contributed by atoms with Gasteiger partial charge in [-0.1, -0.05) is 12.1 Å². The van der Waals surface area contributed by atoms with E-state index in [1.165, 1.54) is 6.92 Å². The highest BCUT2D eigenvalue weighted by Gasteiger charge is 2.20. The number of carbonyl (C=O) groups is 2. The average molecular weight is 355 g/mol. The van der Waals surface area contributed by atoms with Crippen LogP contribution < -0.4 is 9.47 Å². The molecule has 2 aromatic rings. The predicted molar refractivity (Wildman–Crippen MR) is 101 cm³/mol. The molecule has 138 valence electrons. The summed E-state index contributed by atoms with van der Waals surface area (Å²) in [6.07, 6.45) is 0. The molecule has 0 aliphatic carbocycles. The fraction of sp³-hybridized carbons (Fsp3) is 0.333. The number of carbonyl (C=O) groups excluding carboxylic acids is 2. The maximum Gasteiger partial charge on any atom is 0.260 e. The molecule has 0 N–H and O–H groups in total. The van der Waals surface area contributed by atoms with Gasteiger partial charge in [-0.05, 0) is 62.7 Å². The summed E-state index contributed by atoms with van der Waals surface area (Å²) in [5.74, 6) is 1.23. The van der Waals surface area contributed by atoms with Gasteiger partial charge in [-0.15, -0.1) is 0 Å². The van der Waals surface area contributed by atoms with Crippen molar-refractivity contribution in [1.82, 2.24) is 4.90 Å². The van der Waals surface area contributed by atoms with E-state index in [1.807, 2.05) is 38.1 Å². The van der Waals surface area contributed by atoms with E-state index >= 15 is 0 Å². The zero-order valence-corrected chi connectivity index (χ0v) is 15.7. The van der Waals surface area contributed by atoms with Crippen LogP contribution in [0.2, 0.25) is 0 Å². The van der Waals surface area contributed by atoms with Gasteiger partial charge in [0.15, 0.2) is 12.4 Å². The molecule has 0 saturated heterocycles. The van der Waals surface area contributed by atoms with Gasteiger partial charge in [0.2, 0.25) is 0 Å². The Morgan fingerprint density at radius 2 is 1.77 bits per heavy atom. The molecule has 2 aromatic carbocycles. The number of rotatable bonds is 8. The van der Waals surface area contributed by atoms with Gasteiger partial charge in [0, 0.05) is 12.1 Å². The summed E-state index contributed by atoms with van der Waals surface area (Å²) in [5, 5.41) is 0. The molecule has 2 rings (SSSR count). The second-order valence-electron chi connectivity index (χ2n) is 6.00. The van der Waals surface area contributed by atoms with Crippen molar-refractivity contribution in [1.29, 1.82) is 0 Å². The van der Waals surface area contributed by atoms with E-state index in [9.17, 15) is 9.59 Å². The molecule has 0 heterocycles. The molecule has 26 heavy (non-hydrogen) atoms. The molecule has 1 atom stereocenters. The smallest absolute Gasteiger partial charge is 0.260 e. The number of nitrogens with zero attached hydrogens (tertiary/aromatic N) is 1. The van der Waals surface area contributed by atoms with Crippen LogP contribution in [0.25, 0.3) is 0 Å². The first-order valence-electron chi connectivity index (χ1n) is 8.63. The van der Waals surface area contributed by atoms with Crippen LogP contribution in [0.15, 0.2) is 48.5 Å². The Balaban J connectivity index is 2.02. The van der Waals surface area contributed by atoms with E-state index in [4.69, 9.17) is 9.47 Å². The second-order valence-corrected chi connectivity index (χ2v) is 6.00. The Morgan fingerprint density at radius 1 is 1.08 bits per heavy atom. The first-order valence-corrected chi connectivity index (χ1v) is 8.63. The van der Waals surface area contributed by atoms with Gasteiger partial charge in [-0.2, -0.15) is 0 Å². The van der Waals surface area contributed by atoms with E-state index in [1.54, 1.807) is 36.3 Å². The zero-order chi connectivity index (χ0) is 19.1. The number of methoxy groups -OCH3 is 1. The fourth-order valence-corrected chi connectivity index (χ4v) is 2.76. The largest absolute Gasteiger partial charge is 0.497 e. The third-order valence-electron chi connectivity index (χ3n) is 4.33. The maximum atomic E-state index is 12.6. The second kappa shape index (κ2) is 9.04. The van der Waals surface area contributed by atoms with E-state index in [0.717, 1.165) is 11.3 Å². The summed E-state index contributed by atoms with van der Waals surface area (Å²) in [7, 11) is 1.62. The van der Waals surface area contributed by atoms with Gasteiger partial charge in [0.05, 0.1) is 13.2 Å². The van der Waals surface area contributed by atoms with Crippen LogP contribution in [0.5, 0.6) is 11.5 Å². The van der Waals surface area contributed by atoms with E-state index in [2.05, 4.69) is 0 Å². The van der Waals surface area contributed by atoms with Crippen molar-refractivity contribution in [2.24, 2.45) is 0 Å². The van der Waals surface area contributed by atoms with Crippen LogP contribution in [-0.2, 0) is 4.79 Å². The molecule has 1 unspecified atom stereocenters. The van der Waals surface area contributed by atoms with E-state index < -0.39 is 0 Å². The Labute approximate surface area is 154 Å². The van der Waals surface area contributed by atoms with Gasteiger partial charge < -0.3 is 14.4 Å². The topological polar surface area (TPSA) is 55.8 Å². The maximum absolute atomic E-state index is 12.6. The minimum absolute atomic E-state index is 0.00287. The number of hydrogen-bond donors (Lipinski definition) is 0. The van der Waals surface area contributed by atoms with Crippen LogP contribution in [0.4, 0.5) is 0 Å². The Morgan fingerprint density at radius 3 is 2.35 bits per heavy atom. The molecule has 0 aliphatic heterocycles. The summed E-state index contributed by atoms with van der Waals surface area (Å²) in [6, 6.07) is 14.4. The minimum Gasteiger partial charge on any atom is -0.497 e. The lowest BCUT2D eigenvalue weighted by atomic mass is 10.1. The van der Waals surface area contributed by atoms with Crippen LogP contribution in [-0.4, -0.2) is 36.9 Å². The van der Waals surface area contributed by atoms with Crippen molar-refractivity contribution in [2.45, 2.75) is 26.8 Å².